The minimum atomic E-state index is 0.126. The van der Waals surface area contributed by atoms with Crippen LogP contribution in [0, 0.1) is 0 Å². The summed E-state index contributed by atoms with van der Waals surface area (Å²) in [7, 11) is 0. The van der Waals surface area contributed by atoms with E-state index in [4.69, 9.17) is 15.2 Å². The summed E-state index contributed by atoms with van der Waals surface area (Å²) in [6, 6.07) is 6.21. The molecule has 0 spiro atoms. The summed E-state index contributed by atoms with van der Waals surface area (Å²) in [4.78, 5) is 0. The maximum absolute atomic E-state index is 5.89. The number of ether oxygens (including phenoxy) is 2. The van der Waals surface area contributed by atoms with Gasteiger partial charge in [-0.2, -0.15) is 0 Å². The zero-order valence-corrected chi connectivity index (χ0v) is 11.1. The van der Waals surface area contributed by atoms with E-state index in [1.165, 1.54) is 0 Å². The zero-order valence-electron chi connectivity index (χ0n) is 11.1. The normalized spacial score (nSPS) is 19.8. The smallest absolute Gasteiger partial charge is 0.144 e. The van der Waals surface area contributed by atoms with Crippen LogP contribution in [-0.2, 0) is 4.74 Å². The lowest BCUT2D eigenvalue weighted by molar-refractivity contribution is 0.0876. The van der Waals surface area contributed by atoms with Gasteiger partial charge in [-0.3, -0.25) is 0 Å². The molecule has 100 valence electrons. The first-order valence-corrected chi connectivity index (χ1v) is 6.55. The summed E-state index contributed by atoms with van der Waals surface area (Å²) in [5.74, 6) is 0.742. The van der Waals surface area contributed by atoms with Crippen LogP contribution in [0.5, 0.6) is 5.75 Å². The van der Waals surface area contributed by atoms with Crippen LogP contribution in [0.15, 0.2) is 18.2 Å². The van der Waals surface area contributed by atoms with Gasteiger partial charge in [0.05, 0.1) is 18.4 Å². The van der Waals surface area contributed by atoms with Gasteiger partial charge in [0, 0.05) is 24.4 Å². The maximum atomic E-state index is 5.89. The zero-order chi connectivity index (χ0) is 13.0. The highest BCUT2D eigenvalue weighted by molar-refractivity contribution is 5.61. The lowest BCUT2D eigenvalue weighted by Crippen LogP contribution is -2.29. The standard InChI is InChI=1S/C14H22N2O2/c1-10(2)18-14-8-11(5-6-13(14)15)16-12-4-3-7-17-9-12/h5-6,8,10,12,16H,3-4,7,9,15H2,1-2H3. The fraction of sp³-hybridized carbons (Fsp3) is 0.571. The Hall–Kier alpha value is -1.42. The van der Waals surface area contributed by atoms with Gasteiger partial charge < -0.3 is 20.5 Å². The molecule has 0 aliphatic carbocycles. The number of rotatable bonds is 4. The first kappa shape index (κ1) is 13.0. The summed E-state index contributed by atoms with van der Waals surface area (Å²) < 4.78 is 11.1. The quantitative estimate of drug-likeness (QED) is 0.807. The van der Waals surface area contributed by atoms with Gasteiger partial charge in [-0.05, 0) is 38.8 Å². The molecule has 2 rings (SSSR count). The SMILES string of the molecule is CC(C)Oc1cc(NC2CCCOC2)ccc1N. The van der Waals surface area contributed by atoms with Gasteiger partial charge >= 0.3 is 0 Å². The van der Waals surface area contributed by atoms with Crippen molar-refractivity contribution in [3.63, 3.8) is 0 Å². The highest BCUT2D eigenvalue weighted by Gasteiger charge is 2.14. The van der Waals surface area contributed by atoms with E-state index in [2.05, 4.69) is 5.32 Å². The Balaban J connectivity index is 2.03. The van der Waals surface area contributed by atoms with E-state index in [-0.39, 0.29) is 6.10 Å². The fourth-order valence-corrected chi connectivity index (χ4v) is 2.07. The van der Waals surface area contributed by atoms with Gasteiger partial charge in [0.1, 0.15) is 5.75 Å². The van der Waals surface area contributed by atoms with Gasteiger partial charge in [-0.25, -0.2) is 0 Å². The molecule has 1 heterocycles. The molecule has 3 N–H and O–H groups in total. The molecule has 0 bridgehead atoms. The summed E-state index contributed by atoms with van der Waals surface area (Å²) in [5.41, 5.74) is 7.61. The minimum absolute atomic E-state index is 0.126. The van der Waals surface area contributed by atoms with Crippen molar-refractivity contribution in [2.45, 2.75) is 38.8 Å². The second-order valence-corrected chi connectivity index (χ2v) is 4.98. The third-order valence-corrected chi connectivity index (χ3v) is 2.91. The number of nitrogens with two attached hydrogens (primary N) is 1. The molecule has 1 aliphatic rings. The van der Waals surface area contributed by atoms with Crippen LogP contribution in [0.1, 0.15) is 26.7 Å². The Morgan fingerprint density at radius 1 is 1.44 bits per heavy atom. The summed E-state index contributed by atoms with van der Waals surface area (Å²) in [6.45, 7) is 5.63. The molecular weight excluding hydrogens is 228 g/mol. The lowest BCUT2D eigenvalue weighted by atomic mass is 10.1. The van der Waals surface area contributed by atoms with Gasteiger partial charge in [0.15, 0.2) is 0 Å². The third-order valence-electron chi connectivity index (χ3n) is 2.91. The van der Waals surface area contributed by atoms with Gasteiger partial charge in [0.2, 0.25) is 0 Å². The minimum Gasteiger partial charge on any atom is -0.489 e. The van der Waals surface area contributed by atoms with Crippen molar-refractivity contribution in [3.05, 3.63) is 18.2 Å². The fourth-order valence-electron chi connectivity index (χ4n) is 2.07. The van der Waals surface area contributed by atoms with E-state index in [0.29, 0.717) is 11.7 Å². The van der Waals surface area contributed by atoms with Crippen LogP contribution in [0.4, 0.5) is 11.4 Å². The molecule has 1 saturated heterocycles. The Morgan fingerprint density at radius 2 is 2.28 bits per heavy atom. The van der Waals surface area contributed by atoms with E-state index >= 15 is 0 Å². The Labute approximate surface area is 108 Å². The van der Waals surface area contributed by atoms with Crippen LogP contribution in [0.3, 0.4) is 0 Å². The first-order chi connectivity index (χ1) is 8.65. The third kappa shape index (κ3) is 3.53. The van der Waals surface area contributed by atoms with Crippen molar-refractivity contribution in [3.8, 4) is 5.75 Å². The molecular formula is C14H22N2O2. The van der Waals surface area contributed by atoms with Crippen LogP contribution < -0.4 is 15.8 Å². The summed E-state index contributed by atoms with van der Waals surface area (Å²) in [5, 5.41) is 3.46. The molecule has 0 aromatic heterocycles. The second kappa shape index (κ2) is 5.96. The molecule has 1 aliphatic heterocycles. The Kier molecular flexibility index (Phi) is 4.31. The van der Waals surface area contributed by atoms with E-state index < -0.39 is 0 Å². The molecule has 1 aromatic rings. The number of nitrogen functional groups attached to an aromatic ring is 1. The van der Waals surface area contributed by atoms with Gasteiger partial charge in [-0.15, -0.1) is 0 Å². The molecule has 1 unspecified atom stereocenters. The topological polar surface area (TPSA) is 56.5 Å². The molecule has 0 saturated carbocycles. The highest BCUT2D eigenvalue weighted by Crippen LogP contribution is 2.27. The van der Waals surface area contributed by atoms with Crippen molar-refractivity contribution >= 4 is 11.4 Å². The molecule has 1 fully saturated rings. The van der Waals surface area contributed by atoms with E-state index in [0.717, 1.165) is 37.5 Å². The molecule has 0 radical (unpaired) electrons. The number of benzene rings is 1. The van der Waals surface area contributed by atoms with Crippen molar-refractivity contribution in [1.82, 2.24) is 0 Å². The average molecular weight is 250 g/mol. The molecule has 4 heteroatoms. The van der Waals surface area contributed by atoms with Crippen molar-refractivity contribution in [2.24, 2.45) is 0 Å². The average Bonchev–Trinajstić information content (AvgIpc) is 2.34. The molecule has 1 aromatic carbocycles. The predicted octanol–water partition coefficient (Wildman–Crippen LogP) is 2.65. The largest absolute Gasteiger partial charge is 0.489 e. The van der Waals surface area contributed by atoms with Crippen molar-refractivity contribution in [2.75, 3.05) is 24.3 Å². The highest BCUT2D eigenvalue weighted by atomic mass is 16.5. The van der Waals surface area contributed by atoms with Crippen LogP contribution >= 0.6 is 0 Å². The Bertz CT molecular complexity index is 387. The summed E-state index contributed by atoms with van der Waals surface area (Å²) >= 11 is 0. The number of anilines is 2. The monoisotopic (exact) mass is 250 g/mol. The van der Waals surface area contributed by atoms with Gasteiger partial charge in [-0.1, -0.05) is 0 Å². The van der Waals surface area contributed by atoms with Crippen LogP contribution in [-0.4, -0.2) is 25.4 Å². The molecule has 18 heavy (non-hydrogen) atoms. The van der Waals surface area contributed by atoms with E-state index in [1.807, 2.05) is 32.0 Å². The summed E-state index contributed by atoms with van der Waals surface area (Å²) in [6.07, 6.45) is 2.38. The molecule has 4 nitrogen and oxygen atoms in total. The second-order valence-electron chi connectivity index (χ2n) is 4.98. The van der Waals surface area contributed by atoms with Crippen molar-refractivity contribution < 1.29 is 9.47 Å². The number of hydrogen-bond acceptors (Lipinski definition) is 4. The Morgan fingerprint density at radius 3 is 2.94 bits per heavy atom. The predicted molar refractivity (Wildman–Crippen MR) is 74.1 cm³/mol. The van der Waals surface area contributed by atoms with Gasteiger partial charge in [0.25, 0.3) is 0 Å². The number of hydrogen-bond donors (Lipinski definition) is 2. The maximum Gasteiger partial charge on any atom is 0.144 e. The number of nitrogens with one attached hydrogen (secondary N) is 1. The van der Waals surface area contributed by atoms with Crippen LogP contribution in [0.2, 0.25) is 0 Å². The lowest BCUT2D eigenvalue weighted by Gasteiger charge is -2.24. The molecule has 1 atom stereocenters. The van der Waals surface area contributed by atoms with Crippen LogP contribution in [0.25, 0.3) is 0 Å². The van der Waals surface area contributed by atoms with E-state index in [9.17, 15) is 0 Å². The van der Waals surface area contributed by atoms with Crippen molar-refractivity contribution in [1.29, 1.82) is 0 Å². The molecule has 0 amide bonds. The first-order valence-electron chi connectivity index (χ1n) is 6.55. The van der Waals surface area contributed by atoms with E-state index in [1.54, 1.807) is 0 Å².